The van der Waals surface area contributed by atoms with Gasteiger partial charge in [-0.1, -0.05) is 23.8 Å². The number of hydrogen-bond acceptors (Lipinski definition) is 4. The molecule has 1 unspecified atom stereocenters. The number of carboxylic acids is 1. The molecule has 1 heterocycles. The summed E-state index contributed by atoms with van der Waals surface area (Å²) in [5.74, 6) is -0.442. The number of carbonyl (C=O) groups is 2. The molecule has 33 heavy (non-hydrogen) atoms. The average molecular weight is 452 g/mol. The maximum absolute atomic E-state index is 12.9. The molecule has 3 N–H and O–H groups in total. The zero-order chi connectivity index (χ0) is 23.5. The van der Waals surface area contributed by atoms with Crippen molar-refractivity contribution in [1.82, 2.24) is 0 Å². The molecule has 0 radical (unpaired) electrons. The van der Waals surface area contributed by atoms with Crippen LogP contribution in [0.2, 0.25) is 0 Å². The normalized spacial score (nSPS) is 21.4. The molecule has 4 rings (SSSR count). The van der Waals surface area contributed by atoms with Gasteiger partial charge in [0.25, 0.3) is 0 Å². The van der Waals surface area contributed by atoms with Gasteiger partial charge in [0, 0.05) is 18.8 Å². The zero-order valence-corrected chi connectivity index (χ0v) is 19.5. The maximum Gasteiger partial charge on any atom is 0.323 e. The number of aryl methyl sites for hydroxylation is 1. The van der Waals surface area contributed by atoms with Gasteiger partial charge < -0.3 is 25.4 Å². The summed E-state index contributed by atoms with van der Waals surface area (Å²) in [4.78, 5) is 26.6. The van der Waals surface area contributed by atoms with Crippen LogP contribution in [0.15, 0.2) is 42.5 Å². The third-order valence-electron chi connectivity index (χ3n) is 6.35. The first-order chi connectivity index (χ1) is 15.8. The minimum Gasteiger partial charge on any atom is -0.481 e. The van der Waals surface area contributed by atoms with E-state index in [4.69, 9.17) is 4.74 Å². The van der Waals surface area contributed by atoms with E-state index in [-0.39, 0.29) is 30.6 Å². The van der Waals surface area contributed by atoms with Crippen LogP contribution in [-0.4, -0.2) is 42.4 Å². The SMILES string of the molecule is Cc1ccc(NC(=O)Nc2cc(C(CC(=O)O)C3CC3)ccc2N2C[C@@H](C)O[C@@H](C)C2)cc1. The van der Waals surface area contributed by atoms with E-state index in [1.165, 1.54) is 0 Å². The van der Waals surface area contributed by atoms with Crippen molar-refractivity contribution in [1.29, 1.82) is 0 Å². The average Bonchev–Trinajstić information content (AvgIpc) is 3.58. The molecule has 176 valence electrons. The molecule has 2 aromatic rings. The van der Waals surface area contributed by atoms with Crippen molar-refractivity contribution in [2.24, 2.45) is 5.92 Å². The molecule has 1 aliphatic heterocycles. The summed E-state index contributed by atoms with van der Waals surface area (Å²) < 4.78 is 5.89. The van der Waals surface area contributed by atoms with Crippen molar-refractivity contribution in [3.8, 4) is 0 Å². The first kappa shape index (κ1) is 23.1. The van der Waals surface area contributed by atoms with Crippen LogP contribution in [0.3, 0.4) is 0 Å². The van der Waals surface area contributed by atoms with Crippen LogP contribution in [0.4, 0.5) is 21.9 Å². The van der Waals surface area contributed by atoms with Gasteiger partial charge in [-0.05, 0) is 75.3 Å². The smallest absolute Gasteiger partial charge is 0.323 e. The third kappa shape index (κ3) is 6.05. The number of rotatable bonds is 7. The number of amides is 2. The van der Waals surface area contributed by atoms with Crippen LogP contribution in [0.25, 0.3) is 0 Å². The van der Waals surface area contributed by atoms with Gasteiger partial charge in [-0.15, -0.1) is 0 Å². The number of ether oxygens (including phenoxy) is 1. The number of carbonyl (C=O) groups excluding carboxylic acids is 1. The molecule has 2 fully saturated rings. The molecule has 2 amide bonds. The van der Waals surface area contributed by atoms with Gasteiger partial charge in [0.05, 0.1) is 30.0 Å². The Balaban J connectivity index is 1.62. The number of anilines is 3. The number of hydrogen-bond donors (Lipinski definition) is 3. The first-order valence-electron chi connectivity index (χ1n) is 11.7. The third-order valence-corrected chi connectivity index (χ3v) is 6.35. The number of urea groups is 1. The Bertz CT molecular complexity index is 993. The number of morpholine rings is 1. The van der Waals surface area contributed by atoms with Gasteiger partial charge in [-0.25, -0.2) is 4.79 Å². The molecule has 0 aromatic heterocycles. The van der Waals surface area contributed by atoms with Crippen molar-refractivity contribution >= 4 is 29.1 Å². The van der Waals surface area contributed by atoms with E-state index in [0.717, 1.165) is 42.7 Å². The highest BCUT2D eigenvalue weighted by Gasteiger charge is 2.34. The van der Waals surface area contributed by atoms with E-state index >= 15 is 0 Å². The first-order valence-corrected chi connectivity index (χ1v) is 11.7. The largest absolute Gasteiger partial charge is 0.481 e. The molecule has 1 aliphatic carbocycles. The Hall–Kier alpha value is -3.06. The summed E-state index contributed by atoms with van der Waals surface area (Å²) in [6, 6.07) is 13.3. The Labute approximate surface area is 195 Å². The van der Waals surface area contributed by atoms with Crippen molar-refractivity contribution in [2.45, 2.75) is 58.2 Å². The zero-order valence-electron chi connectivity index (χ0n) is 19.5. The number of benzene rings is 2. The minimum atomic E-state index is -0.793. The van der Waals surface area contributed by atoms with Gasteiger partial charge in [0.15, 0.2) is 0 Å². The standard InChI is InChI=1S/C26H33N3O4/c1-16-4-9-21(10-5-16)27-26(32)28-23-12-20(22(13-25(30)31)19-6-7-19)8-11-24(23)29-14-17(2)33-18(3)15-29/h4-5,8-12,17-19,22H,6-7,13-15H2,1-3H3,(H,30,31)(H2,27,28,32)/t17-,18+,22?. The van der Waals surface area contributed by atoms with Gasteiger partial charge in [-0.3, -0.25) is 4.79 Å². The molecule has 2 aromatic carbocycles. The Morgan fingerprint density at radius 2 is 1.73 bits per heavy atom. The molecule has 1 saturated carbocycles. The summed E-state index contributed by atoms with van der Waals surface area (Å²) in [5.41, 5.74) is 4.41. The fourth-order valence-electron chi connectivity index (χ4n) is 4.70. The van der Waals surface area contributed by atoms with E-state index in [0.29, 0.717) is 17.3 Å². The second-order valence-electron chi connectivity index (χ2n) is 9.43. The van der Waals surface area contributed by atoms with Gasteiger partial charge in [0.1, 0.15) is 0 Å². The summed E-state index contributed by atoms with van der Waals surface area (Å²) in [6.45, 7) is 7.53. The Morgan fingerprint density at radius 3 is 2.33 bits per heavy atom. The van der Waals surface area contributed by atoms with Crippen molar-refractivity contribution < 1.29 is 19.4 Å². The minimum absolute atomic E-state index is 0.0419. The lowest BCUT2D eigenvalue weighted by Gasteiger charge is -2.38. The Morgan fingerprint density at radius 1 is 1.06 bits per heavy atom. The maximum atomic E-state index is 12.9. The highest BCUT2D eigenvalue weighted by molar-refractivity contribution is 6.02. The van der Waals surface area contributed by atoms with Gasteiger partial charge >= 0.3 is 12.0 Å². The van der Waals surface area contributed by atoms with Crippen LogP contribution >= 0.6 is 0 Å². The van der Waals surface area contributed by atoms with Crippen molar-refractivity contribution in [3.63, 3.8) is 0 Å². The molecule has 7 heteroatoms. The molecule has 2 aliphatic rings. The lowest BCUT2D eigenvalue weighted by Crippen LogP contribution is -2.45. The topological polar surface area (TPSA) is 90.9 Å². The van der Waals surface area contributed by atoms with E-state index in [1.54, 1.807) is 0 Å². The van der Waals surface area contributed by atoms with Crippen LogP contribution in [-0.2, 0) is 9.53 Å². The second-order valence-corrected chi connectivity index (χ2v) is 9.43. The van der Waals surface area contributed by atoms with Crippen LogP contribution < -0.4 is 15.5 Å². The lowest BCUT2D eigenvalue weighted by atomic mass is 9.90. The van der Waals surface area contributed by atoms with Crippen LogP contribution in [0.5, 0.6) is 0 Å². The summed E-state index contributed by atoms with van der Waals surface area (Å²) in [7, 11) is 0. The van der Waals surface area contributed by atoms with E-state index in [2.05, 4.69) is 15.5 Å². The lowest BCUT2D eigenvalue weighted by molar-refractivity contribution is -0.137. The quantitative estimate of drug-likeness (QED) is 0.537. The summed E-state index contributed by atoms with van der Waals surface area (Å²) >= 11 is 0. The Kier molecular flexibility index (Phi) is 6.88. The molecule has 1 saturated heterocycles. The van der Waals surface area contributed by atoms with Crippen LogP contribution in [0, 0.1) is 12.8 Å². The van der Waals surface area contributed by atoms with E-state index < -0.39 is 5.97 Å². The monoisotopic (exact) mass is 451 g/mol. The fraction of sp³-hybridized carbons (Fsp3) is 0.462. The second kappa shape index (κ2) is 9.83. The van der Waals surface area contributed by atoms with E-state index in [9.17, 15) is 14.7 Å². The van der Waals surface area contributed by atoms with Gasteiger partial charge in [-0.2, -0.15) is 0 Å². The van der Waals surface area contributed by atoms with Crippen molar-refractivity contribution in [2.75, 3.05) is 28.6 Å². The molecule has 0 spiro atoms. The predicted molar refractivity (Wildman–Crippen MR) is 130 cm³/mol. The number of aliphatic carboxylic acids is 1. The molecular weight excluding hydrogens is 418 g/mol. The summed E-state index contributed by atoms with van der Waals surface area (Å²) in [5, 5.41) is 15.4. The molecular formula is C26H33N3O4. The number of carboxylic acid groups (broad SMARTS) is 1. The van der Waals surface area contributed by atoms with E-state index in [1.807, 2.05) is 63.2 Å². The number of nitrogens with one attached hydrogen (secondary N) is 2. The summed E-state index contributed by atoms with van der Waals surface area (Å²) in [6.07, 6.45) is 2.36. The molecule has 0 bridgehead atoms. The van der Waals surface area contributed by atoms with Gasteiger partial charge in [0.2, 0.25) is 0 Å². The predicted octanol–water partition coefficient (Wildman–Crippen LogP) is 5.22. The number of nitrogens with zero attached hydrogens (tertiary/aromatic N) is 1. The molecule has 3 atom stereocenters. The fourth-order valence-corrected chi connectivity index (χ4v) is 4.70. The van der Waals surface area contributed by atoms with Crippen molar-refractivity contribution in [3.05, 3.63) is 53.6 Å². The molecule has 7 nitrogen and oxygen atoms in total. The van der Waals surface area contributed by atoms with Crippen LogP contribution in [0.1, 0.15) is 50.2 Å². The highest BCUT2D eigenvalue weighted by Crippen LogP contribution is 2.46. The highest BCUT2D eigenvalue weighted by atomic mass is 16.5.